The molecule has 0 N–H and O–H groups in total. The van der Waals surface area contributed by atoms with Gasteiger partial charge in [0.25, 0.3) is 0 Å². The Balaban J connectivity index is 1.40. The number of ether oxygens (including phenoxy) is 1. The maximum Gasteiger partial charge on any atom is 0.226 e. The predicted octanol–water partition coefficient (Wildman–Crippen LogP) is 1.68. The van der Waals surface area contributed by atoms with Crippen LogP contribution >= 0.6 is 0 Å². The minimum atomic E-state index is 0.187. The summed E-state index contributed by atoms with van der Waals surface area (Å²) in [6.07, 6.45) is 5.85. The van der Waals surface area contributed by atoms with Gasteiger partial charge < -0.3 is 9.64 Å². The lowest BCUT2D eigenvalue weighted by molar-refractivity contribution is -0.139. The molecule has 0 aliphatic carbocycles. The summed E-state index contributed by atoms with van der Waals surface area (Å²) in [6, 6.07) is 7.02. The highest BCUT2D eigenvalue weighted by Gasteiger charge is 2.45. The van der Waals surface area contributed by atoms with Gasteiger partial charge in [-0.1, -0.05) is 6.07 Å². The average molecular weight is 315 g/mol. The first-order valence-electron chi connectivity index (χ1n) is 8.85. The standard InChI is InChI=1S/C18H25N3O2/c22-18(14-6-11-23-12-7-14)21-10-5-16-17(21)4-9-20(16)13-15-3-1-2-8-19-15/h1-3,8,14,16-17H,4-7,9-13H2/t16-,17+/m0/s1. The molecule has 3 aliphatic rings. The molecule has 4 heterocycles. The van der Waals surface area contributed by atoms with Crippen LogP contribution < -0.4 is 0 Å². The quantitative estimate of drug-likeness (QED) is 0.851. The van der Waals surface area contributed by atoms with Crippen LogP contribution in [0.2, 0.25) is 0 Å². The predicted molar refractivity (Wildman–Crippen MR) is 86.7 cm³/mol. The molecule has 0 aromatic carbocycles. The molecule has 23 heavy (non-hydrogen) atoms. The molecule has 1 aromatic heterocycles. The van der Waals surface area contributed by atoms with Gasteiger partial charge >= 0.3 is 0 Å². The second-order valence-corrected chi connectivity index (χ2v) is 6.92. The van der Waals surface area contributed by atoms with Crippen molar-refractivity contribution in [2.75, 3.05) is 26.3 Å². The highest BCUT2D eigenvalue weighted by molar-refractivity contribution is 5.79. The number of carbonyl (C=O) groups excluding carboxylic acids is 1. The van der Waals surface area contributed by atoms with Gasteiger partial charge in [-0.15, -0.1) is 0 Å². The fraction of sp³-hybridized carbons (Fsp3) is 0.667. The fourth-order valence-electron chi connectivity index (χ4n) is 4.42. The minimum Gasteiger partial charge on any atom is -0.381 e. The zero-order valence-electron chi connectivity index (χ0n) is 13.6. The Hall–Kier alpha value is -1.46. The van der Waals surface area contributed by atoms with E-state index in [9.17, 15) is 4.79 Å². The molecule has 0 radical (unpaired) electrons. The van der Waals surface area contributed by atoms with Crippen molar-refractivity contribution in [2.45, 2.75) is 44.3 Å². The summed E-state index contributed by atoms with van der Waals surface area (Å²) in [7, 11) is 0. The third kappa shape index (κ3) is 3.00. The van der Waals surface area contributed by atoms with Crippen LogP contribution in [0.25, 0.3) is 0 Å². The molecule has 0 saturated carbocycles. The second-order valence-electron chi connectivity index (χ2n) is 6.92. The third-order valence-corrected chi connectivity index (χ3v) is 5.64. The molecule has 124 valence electrons. The van der Waals surface area contributed by atoms with Crippen molar-refractivity contribution in [3.8, 4) is 0 Å². The number of hydrogen-bond acceptors (Lipinski definition) is 4. The number of aromatic nitrogens is 1. The third-order valence-electron chi connectivity index (χ3n) is 5.64. The van der Waals surface area contributed by atoms with E-state index in [0.29, 0.717) is 18.0 Å². The molecule has 1 aromatic rings. The van der Waals surface area contributed by atoms with Gasteiger partial charge in [-0.3, -0.25) is 14.7 Å². The van der Waals surface area contributed by atoms with Crippen molar-refractivity contribution in [1.82, 2.24) is 14.8 Å². The number of rotatable bonds is 3. The normalized spacial score (nSPS) is 29.0. The van der Waals surface area contributed by atoms with E-state index in [1.807, 2.05) is 18.3 Å². The molecule has 4 rings (SSSR count). The van der Waals surface area contributed by atoms with Crippen molar-refractivity contribution in [3.63, 3.8) is 0 Å². The lowest BCUT2D eigenvalue weighted by Gasteiger charge is -2.30. The van der Waals surface area contributed by atoms with Gasteiger partial charge in [-0.2, -0.15) is 0 Å². The summed E-state index contributed by atoms with van der Waals surface area (Å²) in [5, 5.41) is 0. The van der Waals surface area contributed by atoms with Crippen molar-refractivity contribution in [2.24, 2.45) is 5.92 Å². The van der Waals surface area contributed by atoms with Crippen molar-refractivity contribution < 1.29 is 9.53 Å². The van der Waals surface area contributed by atoms with Crippen LogP contribution in [0.4, 0.5) is 0 Å². The molecule has 0 spiro atoms. The van der Waals surface area contributed by atoms with Crippen LogP contribution in [-0.2, 0) is 16.1 Å². The lowest BCUT2D eigenvalue weighted by Crippen LogP contribution is -2.43. The summed E-state index contributed by atoms with van der Waals surface area (Å²) in [4.78, 5) is 22.0. The fourth-order valence-corrected chi connectivity index (χ4v) is 4.42. The van der Waals surface area contributed by atoms with Gasteiger partial charge in [-0.05, 0) is 37.8 Å². The molecule has 3 fully saturated rings. The van der Waals surface area contributed by atoms with Gasteiger partial charge in [0, 0.05) is 57.0 Å². The summed E-state index contributed by atoms with van der Waals surface area (Å²) in [5.41, 5.74) is 1.13. The summed E-state index contributed by atoms with van der Waals surface area (Å²) in [6.45, 7) is 4.38. The number of nitrogens with zero attached hydrogens (tertiary/aromatic N) is 3. The minimum absolute atomic E-state index is 0.187. The molecule has 0 bridgehead atoms. The first kappa shape index (κ1) is 15.1. The molecular formula is C18H25N3O2. The van der Waals surface area contributed by atoms with Gasteiger partial charge in [0.15, 0.2) is 0 Å². The van der Waals surface area contributed by atoms with Crippen molar-refractivity contribution in [3.05, 3.63) is 30.1 Å². The summed E-state index contributed by atoms with van der Waals surface area (Å²) < 4.78 is 5.40. The monoisotopic (exact) mass is 315 g/mol. The van der Waals surface area contributed by atoms with Crippen LogP contribution in [0.1, 0.15) is 31.4 Å². The summed E-state index contributed by atoms with van der Waals surface area (Å²) >= 11 is 0. The summed E-state index contributed by atoms with van der Waals surface area (Å²) in [5.74, 6) is 0.563. The maximum atomic E-state index is 12.8. The first-order valence-corrected chi connectivity index (χ1v) is 8.85. The largest absolute Gasteiger partial charge is 0.381 e. The molecule has 5 nitrogen and oxygen atoms in total. The second kappa shape index (κ2) is 6.57. The van der Waals surface area contributed by atoms with Crippen LogP contribution in [0.5, 0.6) is 0 Å². The van der Waals surface area contributed by atoms with E-state index < -0.39 is 0 Å². The van der Waals surface area contributed by atoms with Gasteiger partial charge in [-0.25, -0.2) is 0 Å². The Kier molecular flexibility index (Phi) is 4.31. The molecule has 2 atom stereocenters. The molecule has 3 aliphatic heterocycles. The Morgan fingerprint density at radius 2 is 1.96 bits per heavy atom. The molecule has 5 heteroatoms. The van der Waals surface area contributed by atoms with Crippen LogP contribution in [-0.4, -0.2) is 59.1 Å². The molecular weight excluding hydrogens is 290 g/mol. The van der Waals surface area contributed by atoms with E-state index in [2.05, 4.69) is 20.9 Å². The van der Waals surface area contributed by atoms with Crippen molar-refractivity contribution >= 4 is 5.91 Å². The van der Waals surface area contributed by atoms with E-state index in [0.717, 1.165) is 64.2 Å². The first-order chi connectivity index (χ1) is 11.3. The number of carbonyl (C=O) groups is 1. The molecule has 3 saturated heterocycles. The highest BCUT2D eigenvalue weighted by Crippen LogP contribution is 2.34. The number of pyridine rings is 1. The smallest absolute Gasteiger partial charge is 0.226 e. The number of hydrogen-bond donors (Lipinski definition) is 0. The van der Waals surface area contributed by atoms with Crippen LogP contribution in [0, 0.1) is 5.92 Å². The van der Waals surface area contributed by atoms with Gasteiger partial charge in [0.1, 0.15) is 0 Å². The Bertz CT molecular complexity index is 544. The highest BCUT2D eigenvalue weighted by atomic mass is 16.5. The zero-order chi connectivity index (χ0) is 15.6. The van der Waals surface area contributed by atoms with E-state index in [1.165, 1.54) is 0 Å². The topological polar surface area (TPSA) is 45.7 Å². The van der Waals surface area contributed by atoms with Crippen LogP contribution in [0.15, 0.2) is 24.4 Å². The number of likely N-dealkylation sites (tertiary alicyclic amines) is 2. The van der Waals surface area contributed by atoms with Crippen LogP contribution in [0.3, 0.4) is 0 Å². The Morgan fingerprint density at radius 1 is 1.13 bits per heavy atom. The van der Waals surface area contributed by atoms with E-state index in [-0.39, 0.29) is 5.92 Å². The number of amides is 1. The van der Waals surface area contributed by atoms with E-state index >= 15 is 0 Å². The Labute approximate surface area is 137 Å². The van der Waals surface area contributed by atoms with E-state index in [4.69, 9.17) is 4.74 Å². The van der Waals surface area contributed by atoms with Crippen molar-refractivity contribution in [1.29, 1.82) is 0 Å². The average Bonchev–Trinajstić information content (AvgIpc) is 3.19. The van der Waals surface area contributed by atoms with Gasteiger partial charge in [0.2, 0.25) is 5.91 Å². The Morgan fingerprint density at radius 3 is 2.74 bits per heavy atom. The molecule has 0 unspecified atom stereocenters. The molecule has 1 amide bonds. The SMILES string of the molecule is O=C(C1CCOCC1)N1CC[C@H]2[C@H]1CCN2Cc1ccccn1. The maximum absolute atomic E-state index is 12.8. The lowest BCUT2D eigenvalue weighted by atomic mass is 9.98. The van der Waals surface area contributed by atoms with E-state index in [1.54, 1.807) is 0 Å². The zero-order valence-corrected chi connectivity index (χ0v) is 13.6. The number of fused-ring (bicyclic) bond motifs is 1. The van der Waals surface area contributed by atoms with Gasteiger partial charge in [0.05, 0.1) is 5.69 Å².